The quantitative estimate of drug-likeness (QED) is 0.514. The molecule has 2 aliphatic rings. The third-order valence-electron chi connectivity index (χ3n) is 7.99. The number of ether oxygens (including phenoxy) is 1. The summed E-state index contributed by atoms with van der Waals surface area (Å²) in [5.41, 5.74) is 3.50. The topological polar surface area (TPSA) is 102 Å². The van der Waals surface area contributed by atoms with Crippen LogP contribution in [0.15, 0.2) is 24.5 Å². The van der Waals surface area contributed by atoms with Crippen molar-refractivity contribution >= 4 is 34.7 Å². The Balaban J connectivity index is 1.57. The SMILES string of the molecule is COC(=O)N1CCc2ccc3c(nc(C4CCC(C)(C(=O)O)CC4)n3[C@H](C)Cn3cc(Cl)cn3)c2C1. The van der Waals surface area contributed by atoms with Gasteiger partial charge in [0.2, 0.25) is 0 Å². The van der Waals surface area contributed by atoms with Gasteiger partial charge in [0.1, 0.15) is 5.82 Å². The highest BCUT2D eigenvalue weighted by Gasteiger charge is 2.39. The predicted octanol–water partition coefficient (Wildman–Crippen LogP) is 5.02. The fraction of sp³-hybridized carbons (Fsp3) is 0.538. The molecule has 9 nitrogen and oxygen atoms in total. The fourth-order valence-electron chi connectivity index (χ4n) is 5.77. The van der Waals surface area contributed by atoms with E-state index in [0.29, 0.717) is 37.5 Å². The normalized spacial score (nSPS) is 22.9. The first kappa shape index (κ1) is 24.6. The molecule has 0 bridgehead atoms. The molecule has 192 valence electrons. The molecule has 1 saturated carbocycles. The number of imidazole rings is 1. The van der Waals surface area contributed by atoms with E-state index in [-0.39, 0.29) is 18.1 Å². The monoisotopic (exact) mass is 513 g/mol. The Labute approximate surface area is 215 Å². The van der Waals surface area contributed by atoms with Gasteiger partial charge < -0.3 is 19.3 Å². The van der Waals surface area contributed by atoms with Crippen molar-refractivity contribution in [3.05, 3.63) is 46.5 Å². The molecule has 1 amide bonds. The van der Waals surface area contributed by atoms with Gasteiger partial charge in [-0.1, -0.05) is 17.7 Å². The Morgan fingerprint density at radius 1 is 1.31 bits per heavy atom. The number of rotatable bonds is 5. The number of hydrogen-bond acceptors (Lipinski definition) is 5. The molecule has 5 rings (SSSR count). The third kappa shape index (κ3) is 4.34. The summed E-state index contributed by atoms with van der Waals surface area (Å²) in [7, 11) is 1.41. The van der Waals surface area contributed by atoms with Crippen molar-refractivity contribution in [3.63, 3.8) is 0 Å². The van der Waals surface area contributed by atoms with E-state index in [4.69, 9.17) is 21.3 Å². The van der Waals surface area contributed by atoms with Gasteiger partial charge in [-0.05, 0) is 57.6 Å². The number of fused-ring (bicyclic) bond motifs is 3. The van der Waals surface area contributed by atoms with E-state index in [0.717, 1.165) is 41.7 Å². The summed E-state index contributed by atoms with van der Waals surface area (Å²) >= 11 is 6.11. The molecule has 0 saturated heterocycles. The summed E-state index contributed by atoms with van der Waals surface area (Å²) in [6.07, 6.45) is 6.64. The summed E-state index contributed by atoms with van der Waals surface area (Å²) in [4.78, 5) is 31.0. The lowest BCUT2D eigenvalue weighted by atomic mass is 9.71. The lowest BCUT2D eigenvalue weighted by molar-refractivity contribution is -0.150. The highest BCUT2D eigenvalue weighted by Crippen LogP contribution is 2.44. The van der Waals surface area contributed by atoms with E-state index in [1.807, 2.05) is 17.8 Å². The number of nitrogens with zero attached hydrogens (tertiary/aromatic N) is 5. The summed E-state index contributed by atoms with van der Waals surface area (Å²) in [6.45, 7) is 5.68. The third-order valence-corrected chi connectivity index (χ3v) is 8.18. The molecule has 1 atom stereocenters. The van der Waals surface area contributed by atoms with Crippen LogP contribution in [-0.4, -0.2) is 55.1 Å². The average molecular weight is 514 g/mol. The molecule has 1 aromatic carbocycles. The van der Waals surface area contributed by atoms with Crippen LogP contribution in [0.25, 0.3) is 11.0 Å². The van der Waals surface area contributed by atoms with Crippen molar-refractivity contribution in [1.82, 2.24) is 24.2 Å². The number of carboxylic acid groups (broad SMARTS) is 1. The lowest BCUT2D eigenvalue weighted by Gasteiger charge is -2.34. The molecule has 10 heteroatoms. The maximum absolute atomic E-state index is 12.3. The highest BCUT2D eigenvalue weighted by atomic mass is 35.5. The van der Waals surface area contributed by atoms with Crippen LogP contribution in [-0.2, 0) is 29.0 Å². The second-order valence-corrected chi connectivity index (χ2v) is 10.9. The zero-order valence-corrected chi connectivity index (χ0v) is 21.7. The molecular weight excluding hydrogens is 482 g/mol. The van der Waals surface area contributed by atoms with Crippen molar-refractivity contribution in [2.24, 2.45) is 5.41 Å². The van der Waals surface area contributed by atoms with Crippen LogP contribution in [0.1, 0.15) is 68.4 Å². The molecule has 1 fully saturated rings. The average Bonchev–Trinajstić information content (AvgIpc) is 3.46. The molecule has 0 spiro atoms. The number of carbonyl (C=O) groups is 2. The van der Waals surface area contributed by atoms with Crippen LogP contribution < -0.4 is 0 Å². The first-order chi connectivity index (χ1) is 17.2. The van der Waals surface area contributed by atoms with Crippen molar-refractivity contribution in [1.29, 1.82) is 0 Å². The lowest BCUT2D eigenvalue weighted by Crippen LogP contribution is -2.35. The van der Waals surface area contributed by atoms with E-state index >= 15 is 0 Å². The van der Waals surface area contributed by atoms with E-state index < -0.39 is 11.4 Å². The summed E-state index contributed by atoms with van der Waals surface area (Å²) < 4.78 is 9.10. The standard InChI is InChI=1S/C26H32ClN5O4/c1-16(13-31-14-19(27)12-28-31)32-21-5-4-17-8-11-30(25(35)36-3)15-20(17)22(21)29-23(32)18-6-9-26(2,10-7-18)24(33)34/h4-5,12,14,16,18H,6-11,13,15H2,1-3H3,(H,33,34)/t16-,18?,26?/m1/s1. The van der Waals surface area contributed by atoms with Crippen LogP contribution in [0.4, 0.5) is 4.79 Å². The Morgan fingerprint density at radius 2 is 2.06 bits per heavy atom. The van der Waals surface area contributed by atoms with Crippen LogP contribution >= 0.6 is 11.6 Å². The smallest absolute Gasteiger partial charge is 0.409 e. The number of hydrogen-bond donors (Lipinski definition) is 1. The Kier molecular flexibility index (Phi) is 6.44. The molecule has 1 aliphatic heterocycles. The molecule has 1 aliphatic carbocycles. The van der Waals surface area contributed by atoms with Crippen molar-refractivity contribution in [2.75, 3.05) is 13.7 Å². The molecule has 36 heavy (non-hydrogen) atoms. The largest absolute Gasteiger partial charge is 0.481 e. The van der Waals surface area contributed by atoms with E-state index in [1.165, 1.54) is 12.7 Å². The Hall–Kier alpha value is -3.07. The second kappa shape index (κ2) is 9.42. The molecular formula is C26H32ClN5O4. The van der Waals surface area contributed by atoms with Crippen molar-refractivity contribution in [3.8, 4) is 0 Å². The minimum atomic E-state index is -0.727. The predicted molar refractivity (Wildman–Crippen MR) is 135 cm³/mol. The number of aromatic nitrogens is 4. The molecule has 2 aromatic heterocycles. The fourth-order valence-corrected chi connectivity index (χ4v) is 5.92. The minimum Gasteiger partial charge on any atom is -0.481 e. The summed E-state index contributed by atoms with van der Waals surface area (Å²) in [5, 5.41) is 14.7. The van der Waals surface area contributed by atoms with E-state index in [1.54, 1.807) is 11.1 Å². The van der Waals surface area contributed by atoms with Crippen molar-refractivity contribution < 1.29 is 19.4 Å². The minimum absolute atomic E-state index is 0.0344. The van der Waals surface area contributed by atoms with E-state index in [2.05, 4.69) is 28.7 Å². The first-order valence-corrected chi connectivity index (χ1v) is 12.8. The van der Waals surface area contributed by atoms with Gasteiger partial charge >= 0.3 is 12.1 Å². The number of carboxylic acids is 1. The van der Waals surface area contributed by atoms with Gasteiger partial charge in [-0.2, -0.15) is 5.10 Å². The number of carbonyl (C=O) groups excluding carboxylic acids is 1. The van der Waals surface area contributed by atoms with Gasteiger partial charge in [0.25, 0.3) is 0 Å². The maximum Gasteiger partial charge on any atom is 0.409 e. The molecule has 3 heterocycles. The van der Waals surface area contributed by atoms with Gasteiger partial charge in [-0.3, -0.25) is 9.48 Å². The Morgan fingerprint density at radius 3 is 2.69 bits per heavy atom. The van der Waals surface area contributed by atoms with Crippen LogP contribution in [0.3, 0.4) is 0 Å². The molecule has 0 radical (unpaired) electrons. The van der Waals surface area contributed by atoms with Gasteiger partial charge in [0.15, 0.2) is 0 Å². The van der Waals surface area contributed by atoms with Crippen molar-refractivity contribution in [2.45, 2.75) is 71.0 Å². The molecule has 3 aromatic rings. The summed E-state index contributed by atoms with van der Waals surface area (Å²) in [5.74, 6) is 0.409. The Bertz CT molecular complexity index is 1310. The zero-order valence-electron chi connectivity index (χ0n) is 20.9. The van der Waals surface area contributed by atoms with Gasteiger partial charge in [-0.25, -0.2) is 9.78 Å². The first-order valence-electron chi connectivity index (χ1n) is 12.5. The van der Waals surface area contributed by atoms with Gasteiger partial charge in [0.05, 0.1) is 53.9 Å². The number of benzene rings is 1. The molecule has 0 unspecified atom stereocenters. The second-order valence-electron chi connectivity index (χ2n) is 10.4. The van der Waals surface area contributed by atoms with Gasteiger partial charge in [0, 0.05) is 24.2 Å². The molecule has 1 N–H and O–H groups in total. The number of halogens is 1. The number of amides is 1. The number of aliphatic carboxylic acids is 1. The zero-order chi connectivity index (χ0) is 25.6. The van der Waals surface area contributed by atoms with Crippen LogP contribution in [0.2, 0.25) is 5.02 Å². The van der Waals surface area contributed by atoms with Gasteiger partial charge in [-0.15, -0.1) is 0 Å². The summed E-state index contributed by atoms with van der Waals surface area (Å²) in [6, 6.07) is 4.32. The van der Waals surface area contributed by atoms with Crippen LogP contribution in [0, 0.1) is 5.41 Å². The number of methoxy groups -OCH3 is 1. The highest BCUT2D eigenvalue weighted by molar-refractivity contribution is 6.30. The maximum atomic E-state index is 12.3. The van der Waals surface area contributed by atoms with Crippen LogP contribution in [0.5, 0.6) is 0 Å². The van der Waals surface area contributed by atoms with E-state index in [9.17, 15) is 14.7 Å².